The van der Waals surface area contributed by atoms with Crippen LogP contribution in [0, 0.1) is 0 Å². The first kappa shape index (κ1) is 13.8. The molecule has 0 spiro atoms. The number of nitrogens with one attached hydrogen (secondary N) is 1. The Morgan fingerprint density at radius 1 is 1.39 bits per heavy atom. The van der Waals surface area contributed by atoms with Crippen molar-refractivity contribution in [3.63, 3.8) is 0 Å². The molecule has 1 aliphatic heterocycles. The number of hydrogen-bond acceptors (Lipinski definition) is 4. The molecule has 1 aliphatic rings. The summed E-state index contributed by atoms with van der Waals surface area (Å²) in [7, 11) is 0. The summed E-state index contributed by atoms with van der Waals surface area (Å²) in [5, 5.41) is 5.05. The van der Waals surface area contributed by atoms with Crippen LogP contribution in [0.1, 0.15) is 24.2 Å². The molecule has 0 saturated heterocycles. The van der Waals surface area contributed by atoms with Gasteiger partial charge in [-0.15, -0.1) is 0 Å². The van der Waals surface area contributed by atoms with Crippen LogP contribution in [0.25, 0.3) is 0 Å². The summed E-state index contributed by atoms with van der Waals surface area (Å²) in [5.74, 6) is 2.45. The van der Waals surface area contributed by atoms with Crippen molar-refractivity contribution in [2.45, 2.75) is 18.6 Å². The van der Waals surface area contributed by atoms with Gasteiger partial charge in [-0.2, -0.15) is 11.8 Å². The van der Waals surface area contributed by atoms with E-state index >= 15 is 0 Å². The molecule has 0 saturated carbocycles. The van der Waals surface area contributed by atoms with Crippen molar-refractivity contribution in [1.82, 2.24) is 5.32 Å². The first-order chi connectivity index (χ1) is 8.90. The van der Waals surface area contributed by atoms with E-state index in [1.54, 1.807) is 0 Å². The Hall–Kier alpha value is -0.610. The predicted octanol–water partition coefficient (Wildman–Crippen LogP) is 3.56. The third-order valence-corrected chi connectivity index (χ3v) is 4.96. The Morgan fingerprint density at radius 3 is 3.00 bits per heavy atom. The van der Waals surface area contributed by atoms with E-state index in [-0.39, 0.29) is 0 Å². The Bertz CT molecular complexity index is 379. The Morgan fingerprint density at radius 2 is 2.22 bits per heavy atom. The molecule has 0 amide bonds. The average Bonchev–Trinajstić information content (AvgIpc) is 2.88. The van der Waals surface area contributed by atoms with E-state index < -0.39 is 0 Å². The number of benzene rings is 1. The van der Waals surface area contributed by atoms with E-state index in [0.29, 0.717) is 5.25 Å². The molecule has 98 valence electrons. The lowest BCUT2D eigenvalue weighted by Gasteiger charge is -2.09. The first-order valence-electron chi connectivity index (χ1n) is 6.48. The lowest BCUT2D eigenvalue weighted by Crippen LogP contribution is -2.20. The quantitative estimate of drug-likeness (QED) is 0.806. The predicted molar refractivity (Wildman–Crippen MR) is 84.7 cm³/mol. The Balaban J connectivity index is 1.68. The van der Waals surface area contributed by atoms with Crippen molar-refractivity contribution in [2.24, 2.45) is 4.99 Å². The molecule has 2 rings (SSSR count). The minimum atomic E-state index is 0.499. The number of rotatable bonds is 6. The molecular formula is C14H20N2S2. The van der Waals surface area contributed by atoms with Crippen LogP contribution in [0.15, 0.2) is 35.3 Å². The molecule has 0 radical (unpaired) electrons. The highest BCUT2D eigenvalue weighted by Crippen LogP contribution is 2.33. The summed E-state index contributed by atoms with van der Waals surface area (Å²) in [6, 6.07) is 10.6. The van der Waals surface area contributed by atoms with Crippen molar-refractivity contribution in [3.05, 3.63) is 35.9 Å². The van der Waals surface area contributed by atoms with Gasteiger partial charge in [0.25, 0.3) is 0 Å². The normalized spacial score (nSPS) is 18.7. The second-order valence-corrected chi connectivity index (χ2v) is 6.73. The number of aliphatic imine (C=N–C) groups is 1. The molecule has 1 aromatic rings. The highest BCUT2D eigenvalue weighted by molar-refractivity contribution is 8.14. The van der Waals surface area contributed by atoms with Gasteiger partial charge in [0.2, 0.25) is 0 Å². The maximum absolute atomic E-state index is 4.57. The molecule has 2 nitrogen and oxygen atoms in total. The molecule has 1 aromatic carbocycles. The fourth-order valence-corrected chi connectivity index (χ4v) is 3.51. The third-order valence-electron chi connectivity index (χ3n) is 2.77. The zero-order valence-corrected chi connectivity index (χ0v) is 12.4. The number of nitrogens with zero attached hydrogens (tertiary/aromatic N) is 1. The smallest absolute Gasteiger partial charge is 0.157 e. The second-order valence-electron chi connectivity index (χ2n) is 4.14. The van der Waals surface area contributed by atoms with Gasteiger partial charge in [-0.05, 0) is 23.5 Å². The fraction of sp³-hybridized carbons (Fsp3) is 0.500. The number of thioether (sulfide) groups is 2. The largest absolute Gasteiger partial charge is 0.365 e. The number of amidine groups is 1. The zero-order valence-electron chi connectivity index (χ0n) is 10.8. The van der Waals surface area contributed by atoms with Crippen LogP contribution in [0.4, 0.5) is 0 Å². The molecule has 4 heteroatoms. The molecule has 1 atom stereocenters. The van der Waals surface area contributed by atoms with Gasteiger partial charge < -0.3 is 5.32 Å². The summed E-state index contributed by atoms with van der Waals surface area (Å²) in [5.41, 5.74) is 1.38. The van der Waals surface area contributed by atoms with Gasteiger partial charge in [-0.25, -0.2) is 0 Å². The lowest BCUT2D eigenvalue weighted by molar-refractivity contribution is 0.851. The van der Waals surface area contributed by atoms with Crippen LogP contribution in [0.5, 0.6) is 0 Å². The highest BCUT2D eigenvalue weighted by Gasteiger charge is 2.20. The van der Waals surface area contributed by atoms with Gasteiger partial charge >= 0.3 is 0 Å². The standard InChI is InChI=1S/C14H20N2S2/c1-2-17-10-6-9-15-14-16-11-13(18-14)12-7-4-3-5-8-12/h3-5,7-8,13H,2,6,9-11H2,1H3,(H,15,16). The minimum absolute atomic E-state index is 0.499. The third kappa shape index (κ3) is 4.25. The van der Waals surface area contributed by atoms with Crippen molar-refractivity contribution in [2.75, 3.05) is 24.6 Å². The second kappa shape index (κ2) is 7.74. The van der Waals surface area contributed by atoms with Crippen LogP contribution in [-0.4, -0.2) is 29.8 Å². The molecule has 1 N–H and O–H groups in total. The Labute approximate surface area is 118 Å². The SMILES string of the molecule is CCSCCCNC1=NCC(c2ccccc2)S1. The van der Waals surface area contributed by atoms with E-state index in [0.717, 1.165) is 18.3 Å². The molecule has 0 fully saturated rings. The van der Waals surface area contributed by atoms with E-state index in [1.807, 2.05) is 23.5 Å². The van der Waals surface area contributed by atoms with Gasteiger partial charge in [0, 0.05) is 6.54 Å². The minimum Gasteiger partial charge on any atom is -0.365 e. The summed E-state index contributed by atoms with van der Waals surface area (Å²) < 4.78 is 0. The number of hydrogen-bond donors (Lipinski definition) is 1. The van der Waals surface area contributed by atoms with Gasteiger partial charge in [0.05, 0.1) is 11.8 Å². The lowest BCUT2D eigenvalue weighted by atomic mass is 10.1. The van der Waals surface area contributed by atoms with E-state index in [2.05, 4.69) is 47.6 Å². The molecule has 0 aromatic heterocycles. The van der Waals surface area contributed by atoms with Crippen molar-refractivity contribution < 1.29 is 0 Å². The van der Waals surface area contributed by atoms with Crippen LogP contribution < -0.4 is 5.32 Å². The fourth-order valence-electron chi connectivity index (χ4n) is 1.83. The summed E-state index contributed by atoms with van der Waals surface area (Å²) in [6.07, 6.45) is 1.22. The summed E-state index contributed by atoms with van der Waals surface area (Å²) >= 11 is 3.86. The molecule has 0 aliphatic carbocycles. The molecule has 1 unspecified atom stereocenters. The van der Waals surface area contributed by atoms with Gasteiger partial charge in [0.1, 0.15) is 0 Å². The molecule has 0 bridgehead atoms. The molecule has 1 heterocycles. The topological polar surface area (TPSA) is 24.4 Å². The van der Waals surface area contributed by atoms with Crippen molar-refractivity contribution in [1.29, 1.82) is 0 Å². The summed E-state index contributed by atoms with van der Waals surface area (Å²) in [4.78, 5) is 4.57. The molecular weight excluding hydrogens is 260 g/mol. The van der Waals surface area contributed by atoms with Gasteiger partial charge in [0.15, 0.2) is 5.17 Å². The van der Waals surface area contributed by atoms with Crippen LogP contribution in [0.3, 0.4) is 0 Å². The van der Waals surface area contributed by atoms with Crippen molar-refractivity contribution >= 4 is 28.7 Å². The van der Waals surface area contributed by atoms with Crippen LogP contribution >= 0.6 is 23.5 Å². The highest BCUT2D eigenvalue weighted by atomic mass is 32.2. The zero-order chi connectivity index (χ0) is 12.6. The maximum Gasteiger partial charge on any atom is 0.157 e. The average molecular weight is 280 g/mol. The Kier molecular flexibility index (Phi) is 5.94. The van der Waals surface area contributed by atoms with E-state index in [9.17, 15) is 0 Å². The summed E-state index contributed by atoms with van der Waals surface area (Å²) in [6.45, 7) is 4.15. The van der Waals surface area contributed by atoms with Crippen LogP contribution in [-0.2, 0) is 0 Å². The van der Waals surface area contributed by atoms with E-state index in [1.165, 1.54) is 23.5 Å². The monoisotopic (exact) mass is 280 g/mol. The van der Waals surface area contributed by atoms with Gasteiger partial charge in [-0.1, -0.05) is 49.0 Å². The molecule has 18 heavy (non-hydrogen) atoms. The van der Waals surface area contributed by atoms with E-state index in [4.69, 9.17) is 0 Å². The van der Waals surface area contributed by atoms with Crippen molar-refractivity contribution in [3.8, 4) is 0 Å². The first-order valence-corrected chi connectivity index (χ1v) is 8.51. The van der Waals surface area contributed by atoms with Gasteiger partial charge in [-0.3, -0.25) is 4.99 Å². The maximum atomic E-state index is 4.57. The van der Waals surface area contributed by atoms with Crippen LogP contribution in [0.2, 0.25) is 0 Å².